The molecule has 6 aromatic rings. The Hall–Kier alpha value is -3.44. The van der Waals surface area contributed by atoms with Crippen molar-refractivity contribution in [1.82, 2.24) is 15.0 Å². The first kappa shape index (κ1) is 35.4. The average Bonchev–Trinajstić information content (AvgIpc) is 3.41. The summed E-state index contributed by atoms with van der Waals surface area (Å²) in [6.07, 6.45) is 7.66. The number of nitrogens with zero attached hydrogens (tertiary/aromatic N) is 3. The molecule has 4 nitrogen and oxygen atoms in total. The number of pyridine rings is 3. The SMILES string of the molecule is CCC(CC)Cc1cc(-c2[c-]cccc2)ncc1[Si](C)(C)C.Cc1ccc2c(n1)oc1c(-c3cc(C(C)C)ccn3)[c-]ccc12.[Ir]. The molecule has 0 unspecified atom stereocenters. The normalized spacial score (nSPS) is 11.5. The Bertz CT molecular complexity index is 1890. The number of fused-ring (bicyclic) bond motifs is 3. The van der Waals surface area contributed by atoms with E-state index in [1.54, 1.807) is 0 Å². The Morgan fingerprint density at radius 1 is 0.848 bits per heavy atom. The summed E-state index contributed by atoms with van der Waals surface area (Å²) in [5.74, 6) is 1.22. The fourth-order valence-corrected chi connectivity index (χ4v) is 7.37. The summed E-state index contributed by atoms with van der Waals surface area (Å²) < 4.78 is 6.04. The van der Waals surface area contributed by atoms with Crippen molar-refractivity contribution in [3.05, 3.63) is 108 Å². The second-order valence-corrected chi connectivity index (χ2v) is 18.3. The molecule has 0 fully saturated rings. The molecule has 2 aromatic carbocycles. The molecule has 0 N–H and O–H groups in total. The first-order chi connectivity index (χ1) is 21.6. The number of rotatable bonds is 8. The van der Waals surface area contributed by atoms with Crippen molar-refractivity contribution in [2.24, 2.45) is 5.92 Å². The molecule has 4 aromatic heterocycles. The molecule has 6 heteroatoms. The van der Waals surface area contributed by atoms with Crippen LogP contribution in [0.5, 0.6) is 0 Å². The van der Waals surface area contributed by atoms with Gasteiger partial charge in [0.1, 0.15) is 0 Å². The van der Waals surface area contributed by atoms with Crippen LogP contribution >= 0.6 is 0 Å². The van der Waals surface area contributed by atoms with Crippen molar-refractivity contribution < 1.29 is 24.5 Å². The molecular weight excluding hydrogens is 759 g/mol. The van der Waals surface area contributed by atoms with Crippen LogP contribution in [0.3, 0.4) is 0 Å². The zero-order chi connectivity index (χ0) is 32.1. The first-order valence-corrected chi connectivity index (χ1v) is 19.7. The zero-order valence-electron chi connectivity index (χ0n) is 28.4. The standard InChI is InChI=1S/C20H17N2O.C20H28NSi.Ir/c1-12(2)14-9-10-21-18(11-14)17-6-4-5-15-16-8-7-13(3)22-20(16)23-19(15)17;1-6-16(7-2)13-18-14-19(17-11-9-8-10-12-17)21-15-20(18)22(3,4)5;/h4-5,7-12H,1-3H3;8-11,14-16H,6-7,13H2,1-5H3;/q2*-1;. The second kappa shape index (κ2) is 15.4. The molecule has 0 saturated carbocycles. The molecular formula is C40H45IrN3OSi-2. The van der Waals surface area contributed by atoms with Gasteiger partial charge in [-0.2, -0.15) is 0 Å². The maximum Gasteiger partial charge on any atom is 0.216 e. The maximum absolute atomic E-state index is 6.04. The molecule has 1 radical (unpaired) electrons. The Labute approximate surface area is 289 Å². The maximum atomic E-state index is 6.04. The van der Waals surface area contributed by atoms with Crippen molar-refractivity contribution in [3.63, 3.8) is 0 Å². The molecule has 0 aliphatic rings. The summed E-state index contributed by atoms with van der Waals surface area (Å²) in [6, 6.07) is 29.2. The van der Waals surface area contributed by atoms with Crippen LogP contribution in [0, 0.1) is 25.0 Å². The van der Waals surface area contributed by atoms with Crippen LogP contribution in [0.15, 0.2) is 83.5 Å². The van der Waals surface area contributed by atoms with Gasteiger partial charge in [-0.25, -0.2) is 4.98 Å². The van der Waals surface area contributed by atoms with Gasteiger partial charge in [-0.15, -0.1) is 54.1 Å². The van der Waals surface area contributed by atoms with E-state index in [2.05, 4.69) is 112 Å². The molecule has 0 amide bonds. The van der Waals surface area contributed by atoms with Crippen LogP contribution in [0.25, 0.3) is 44.6 Å². The van der Waals surface area contributed by atoms with Gasteiger partial charge < -0.3 is 14.4 Å². The van der Waals surface area contributed by atoms with Gasteiger partial charge in [0.2, 0.25) is 5.71 Å². The van der Waals surface area contributed by atoms with Crippen LogP contribution < -0.4 is 5.19 Å². The third-order valence-corrected chi connectivity index (χ3v) is 10.7. The number of furan rings is 1. The third-order valence-electron chi connectivity index (χ3n) is 8.59. The summed E-state index contributed by atoms with van der Waals surface area (Å²) in [7, 11) is -1.37. The Morgan fingerprint density at radius 2 is 1.63 bits per heavy atom. The predicted molar refractivity (Wildman–Crippen MR) is 192 cm³/mol. The van der Waals surface area contributed by atoms with Crippen molar-refractivity contribution in [2.75, 3.05) is 0 Å². The van der Waals surface area contributed by atoms with E-state index in [0.717, 1.165) is 50.5 Å². The Balaban J connectivity index is 0.000000205. The van der Waals surface area contributed by atoms with Crippen molar-refractivity contribution >= 4 is 35.3 Å². The number of aryl methyl sites for hydroxylation is 1. The van der Waals surface area contributed by atoms with Gasteiger partial charge in [-0.3, -0.25) is 0 Å². The van der Waals surface area contributed by atoms with Gasteiger partial charge in [-0.1, -0.05) is 94.4 Å². The van der Waals surface area contributed by atoms with E-state index in [9.17, 15) is 0 Å². The molecule has 0 aliphatic heterocycles. The number of hydrogen-bond acceptors (Lipinski definition) is 4. The average molecular weight is 804 g/mol. The Kier molecular flexibility index (Phi) is 11.9. The molecule has 0 spiro atoms. The summed E-state index contributed by atoms with van der Waals surface area (Å²) in [5.41, 5.74) is 9.11. The van der Waals surface area contributed by atoms with E-state index < -0.39 is 8.07 Å². The van der Waals surface area contributed by atoms with Gasteiger partial charge in [0.05, 0.1) is 13.7 Å². The number of benzene rings is 2. The van der Waals surface area contributed by atoms with E-state index in [1.807, 2.05) is 43.5 Å². The van der Waals surface area contributed by atoms with Gasteiger partial charge >= 0.3 is 0 Å². The topological polar surface area (TPSA) is 51.8 Å². The first-order valence-electron chi connectivity index (χ1n) is 16.2. The molecule has 241 valence electrons. The van der Waals surface area contributed by atoms with Crippen LogP contribution in [-0.2, 0) is 26.5 Å². The van der Waals surface area contributed by atoms with Gasteiger partial charge in [0, 0.05) is 43.6 Å². The van der Waals surface area contributed by atoms with Crippen molar-refractivity contribution in [3.8, 4) is 22.5 Å². The van der Waals surface area contributed by atoms with E-state index in [-0.39, 0.29) is 20.1 Å². The molecule has 6 rings (SSSR count). The quantitative estimate of drug-likeness (QED) is 0.114. The third kappa shape index (κ3) is 8.09. The fourth-order valence-electron chi connectivity index (χ4n) is 5.78. The monoisotopic (exact) mass is 804 g/mol. The molecule has 0 atom stereocenters. The summed E-state index contributed by atoms with van der Waals surface area (Å²) in [5, 5.41) is 3.60. The molecule has 0 saturated heterocycles. The van der Waals surface area contributed by atoms with Crippen molar-refractivity contribution in [1.29, 1.82) is 0 Å². The summed E-state index contributed by atoms with van der Waals surface area (Å²) in [6.45, 7) is 18.2. The van der Waals surface area contributed by atoms with Gasteiger partial charge in [0.15, 0.2) is 0 Å². The largest absolute Gasteiger partial charge is 0.486 e. The van der Waals surface area contributed by atoms with Crippen LogP contribution in [0.4, 0.5) is 0 Å². The molecule has 0 bridgehead atoms. The minimum absolute atomic E-state index is 0. The summed E-state index contributed by atoms with van der Waals surface area (Å²) >= 11 is 0. The van der Waals surface area contributed by atoms with Gasteiger partial charge in [0.25, 0.3) is 0 Å². The smallest absolute Gasteiger partial charge is 0.216 e. The zero-order valence-corrected chi connectivity index (χ0v) is 31.8. The molecule has 4 heterocycles. The molecule has 0 aliphatic carbocycles. The second-order valence-electron chi connectivity index (χ2n) is 13.3. The minimum atomic E-state index is -1.37. The predicted octanol–water partition coefficient (Wildman–Crippen LogP) is 10.3. The minimum Gasteiger partial charge on any atom is -0.486 e. The van der Waals surface area contributed by atoms with Gasteiger partial charge in [-0.05, 0) is 60.0 Å². The van der Waals surface area contributed by atoms with E-state index >= 15 is 0 Å². The fraction of sp³-hybridized carbons (Fsp3) is 0.325. The number of hydrogen-bond donors (Lipinski definition) is 0. The van der Waals surface area contributed by atoms with Crippen molar-refractivity contribution in [2.45, 2.75) is 79.4 Å². The van der Waals surface area contributed by atoms with E-state index in [1.165, 1.54) is 35.6 Å². The van der Waals surface area contributed by atoms with Crippen LogP contribution in [0.2, 0.25) is 19.6 Å². The Morgan fingerprint density at radius 3 is 2.30 bits per heavy atom. The van der Waals surface area contributed by atoms with E-state index in [0.29, 0.717) is 11.6 Å². The van der Waals surface area contributed by atoms with E-state index in [4.69, 9.17) is 9.40 Å². The summed E-state index contributed by atoms with van der Waals surface area (Å²) in [4.78, 5) is 13.7. The number of aromatic nitrogens is 3. The molecule has 46 heavy (non-hydrogen) atoms. The van der Waals surface area contributed by atoms with Crippen LogP contribution in [-0.4, -0.2) is 23.0 Å². The van der Waals surface area contributed by atoms with Crippen LogP contribution in [0.1, 0.15) is 63.3 Å².